The Morgan fingerprint density at radius 1 is 1.05 bits per heavy atom. The molecule has 19 heavy (non-hydrogen) atoms. The van der Waals surface area contributed by atoms with Crippen molar-refractivity contribution in [1.29, 1.82) is 0 Å². The number of nitrogens with one attached hydrogen (secondary N) is 1. The van der Waals surface area contributed by atoms with Crippen molar-refractivity contribution < 1.29 is 16.8 Å². The fourth-order valence-electron chi connectivity index (χ4n) is 1.54. The molecule has 1 rings (SSSR count). The van der Waals surface area contributed by atoms with Crippen LogP contribution in [0.15, 0.2) is 16.6 Å². The number of benzene rings is 1. The highest BCUT2D eigenvalue weighted by Crippen LogP contribution is 2.25. The SMILES string of the molecule is Cc1cc(Br)cc(C)c1NS(=O)(=O)CCS(C)(=O)=O. The highest BCUT2D eigenvalue weighted by Gasteiger charge is 2.16. The second kappa shape index (κ2) is 5.80. The van der Waals surface area contributed by atoms with Gasteiger partial charge in [-0.2, -0.15) is 0 Å². The summed E-state index contributed by atoms with van der Waals surface area (Å²) < 4.78 is 49.0. The number of halogens is 1. The van der Waals surface area contributed by atoms with Crippen LogP contribution in [0.4, 0.5) is 5.69 Å². The summed E-state index contributed by atoms with van der Waals surface area (Å²) in [6.45, 7) is 3.57. The Morgan fingerprint density at radius 3 is 1.95 bits per heavy atom. The zero-order valence-electron chi connectivity index (χ0n) is 10.9. The number of aryl methyl sites for hydroxylation is 2. The maximum absolute atomic E-state index is 11.8. The Labute approximate surface area is 122 Å². The lowest BCUT2D eigenvalue weighted by molar-refractivity contribution is 0.593. The minimum Gasteiger partial charge on any atom is -0.283 e. The summed E-state index contributed by atoms with van der Waals surface area (Å²) >= 11 is 3.33. The van der Waals surface area contributed by atoms with Crippen LogP contribution in [-0.2, 0) is 19.9 Å². The highest BCUT2D eigenvalue weighted by atomic mass is 79.9. The van der Waals surface area contributed by atoms with Crippen molar-refractivity contribution in [3.8, 4) is 0 Å². The molecule has 8 heteroatoms. The Balaban J connectivity index is 2.96. The quantitative estimate of drug-likeness (QED) is 0.858. The van der Waals surface area contributed by atoms with Gasteiger partial charge in [0.2, 0.25) is 10.0 Å². The maximum Gasteiger partial charge on any atom is 0.233 e. The van der Waals surface area contributed by atoms with E-state index in [1.54, 1.807) is 26.0 Å². The Bertz CT molecular complexity index is 658. The van der Waals surface area contributed by atoms with E-state index in [2.05, 4.69) is 20.7 Å². The van der Waals surface area contributed by atoms with Crippen molar-refractivity contribution in [1.82, 2.24) is 0 Å². The molecule has 1 aromatic rings. The van der Waals surface area contributed by atoms with Gasteiger partial charge in [-0.15, -0.1) is 0 Å². The fourth-order valence-corrected chi connectivity index (χ4v) is 5.05. The molecule has 1 aromatic carbocycles. The van der Waals surface area contributed by atoms with Gasteiger partial charge < -0.3 is 0 Å². The molecule has 0 unspecified atom stereocenters. The van der Waals surface area contributed by atoms with Gasteiger partial charge in [0, 0.05) is 10.7 Å². The van der Waals surface area contributed by atoms with Crippen molar-refractivity contribution in [2.24, 2.45) is 0 Å². The Hall–Kier alpha value is -0.600. The maximum atomic E-state index is 11.8. The molecule has 0 saturated heterocycles. The van der Waals surface area contributed by atoms with E-state index in [1.165, 1.54) is 0 Å². The lowest BCUT2D eigenvalue weighted by Gasteiger charge is -2.13. The number of rotatable bonds is 5. The second-order valence-electron chi connectivity index (χ2n) is 4.47. The molecule has 0 aliphatic carbocycles. The monoisotopic (exact) mass is 369 g/mol. The van der Waals surface area contributed by atoms with E-state index in [0.29, 0.717) is 5.69 Å². The van der Waals surface area contributed by atoms with Gasteiger partial charge in [-0.1, -0.05) is 15.9 Å². The van der Waals surface area contributed by atoms with Crippen LogP contribution in [0, 0.1) is 13.8 Å². The summed E-state index contributed by atoms with van der Waals surface area (Å²) in [5.74, 6) is -0.836. The van der Waals surface area contributed by atoms with Gasteiger partial charge in [-0.25, -0.2) is 16.8 Å². The second-order valence-corrected chi connectivity index (χ2v) is 9.48. The molecule has 0 spiro atoms. The first kappa shape index (κ1) is 16.5. The third-order valence-electron chi connectivity index (χ3n) is 2.48. The predicted molar refractivity (Wildman–Crippen MR) is 80.7 cm³/mol. The average molecular weight is 370 g/mol. The van der Waals surface area contributed by atoms with E-state index >= 15 is 0 Å². The molecule has 5 nitrogen and oxygen atoms in total. The van der Waals surface area contributed by atoms with Crippen LogP contribution < -0.4 is 4.72 Å². The number of hydrogen-bond donors (Lipinski definition) is 1. The Morgan fingerprint density at radius 2 is 1.53 bits per heavy atom. The molecule has 1 N–H and O–H groups in total. The number of hydrogen-bond acceptors (Lipinski definition) is 4. The summed E-state index contributed by atoms with van der Waals surface area (Å²) in [5, 5.41) is 0. The lowest BCUT2D eigenvalue weighted by Crippen LogP contribution is -2.23. The topological polar surface area (TPSA) is 80.3 Å². The normalized spacial score (nSPS) is 12.4. The van der Waals surface area contributed by atoms with Gasteiger partial charge in [-0.05, 0) is 37.1 Å². The fraction of sp³-hybridized carbons (Fsp3) is 0.455. The van der Waals surface area contributed by atoms with E-state index in [-0.39, 0.29) is 0 Å². The third-order valence-corrected chi connectivity index (χ3v) is 5.40. The summed E-state index contributed by atoms with van der Waals surface area (Å²) in [6.07, 6.45) is 1.01. The summed E-state index contributed by atoms with van der Waals surface area (Å²) in [7, 11) is -6.97. The smallest absolute Gasteiger partial charge is 0.233 e. The first-order valence-corrected chi connectivity index (χ1v) is 9.96. The van der Waals surface area contributed by atoms with Crippen LogP contribution in [0.2, 0.25) is 0 Å². The molecule has 0 heterocycles. The largest absolute Gasteiger partial charge is 0.283 e. The predicted octanol–water partition coefficient (Wildman–Crippen LogP) is 1.85. The number of sulfonamides is 1. The third kappa shape index (κ3) is 5.50. The van der Waals surface area contributed by atoms with Crippen molar-refractivity contribution >= 4 is 41.5 Å². The van der Waals surface area contributed by atoms with Crippen LogP contribution in [0.25, 0.3) is 0 Å². The van der Waals surface area contributed by atoms with Gasteiger partial charge in [-0.3, -0.25) is 4.72 Å². The Kier molecular flexibility index (Phi) is 5.02. The summed E-state index contributed by atoms with van der Waals surface area (Å²) in [6, 6.07) is 3.59. The molecule has 0 radical (unpaired) electrons. The molecule has 0 saturated carbocycles. The van der Waals surface area contributed by atoms with Gasteiger partial charge in [0.15, 0.2) is 0 Å². The minimum atomic E-state index is -3.67. The zero-order valence-corrected chi connectivity index (χ0v) is 14.1. The van der Waals surface area contributed by atoms with E-state index in [4.69, 9.17) is 0 Å². The van der Waals surface area contributed by atoms with Gasteiger partial charge in [0.25, 0.3) is 0 Å². The molecule has 108 valence electrons. The number of sulfone groups is 1. The molecule has 0 aromatic heterocycles. The first-order chi connectivity index (χ1) is 8.50. The van der Waals surface area contributed by atoms with E-state index in [1.807, 2.05) is 0 Å². The lowest BCUT2D eigenvalue weighted by atomic mass is 10.1. The molecule has 0 atom stereocenters. The van der Waals surface area contributed by atoms with Crippen LogP contribution in [0.3, 0.4) is 0 Å². The van der Waals surface area contributed by atoms with Crippen LogP contribution in [0.1, 0.15) is 11.1 Å². The molecule has 0 bridgehead atoms. The summed E-state index contributed by atoms with van der Waals surface area (Å²) in [5.41, 5.74) is 2.04. The highest BCUT2D eigenvalue weighted by molar-refractivity contribution is 9.10. The van der Waals surface area contributed by atoms with Crippen LogP contribution in [0.5, 0.6) is 0 Å². The van der Waals surface area contributed by atoms with Crippen molar-refractivity contribution in [2.45, 2.75) is 13.8 Å². The molecule has 0 amide bonds. The van der Waals surface area contributed by atoms with E-state index < -0.39 is 31.4 Å². The molecule has 0 fully saturated rings. The van der Waals surface area contributed by atoms with Crippen molar-refractivity contribution in [3.05, 3.63) is 27.7 Å². The molecule has 0 aliphatic rings. The minimum absolute atomic E-state index is 0.392. The average Bonchev–Trinajstić information content (AvgIpc) is 2.20. The summed E-state index contributed by atoms with van der Waals surface area (Å²) in [4.78, 5) is 0. The van der Waals surface area contributed by atoms with Crippen LogP contribution >= 0.6 is 15.9 Å². The van der Waals surface area contributed by atoms with Gasteiger partial charge >= 0.3 is 0 Å². The molecular formula is C11H16BrNO4S2. The zero-order chi connectivity index (χ0) is 14.8. The van der Waals surface area contributed by atoms with Gasteiger partial charge in [0.05, 0.1) is 17.2 Å². The standard InChI is InChI=1S/C11H16BrNO4S2/c1-8-6-10(12)7-9(2)11(8)13-19(16,17)5-4-18(3,14)15/h6-7,13H,4-5H2,1-3H3. The first-order valence-electron chi connectivity index (χ1n) is 5.45. The van der Waals surface area contributed by atoms with Crippen molar-refractivity contribution in [2.75, 3.05) is 22.5 Å². The van der Waals surface area contributed by atoms with E-state index in [0.717, 1.165) is 21.9 Å². The van der Waals surface area contributed by atoms with E-state index in [9.17, 15) is 16.8 Å². The van der Waals surface area contributed by atoms with Crippen LogP contribution in [-0.4, -0.2) is 34.6 Å². The number of anilines is 1. The molecular weight excluding hydrogens is 354 g/mol. The van der Waals surface area contributed by atoms with Crippen molar-refractivity contribution in [3.63, 3.8) is 0 Å². The van der Waals surface area contributed by atoms with Gasteiger partial charge in [0.1, 0.15) is 9.84 Å². The molecule has 0 aliphatic heterocycles.